The Bertz CT molecular complexity index is 515. The summed E-state index contributed by atoms with van der Waals surface area (Å²) in [4.78, 5) is 23.0. The van der Waals surface area contributed by atoms with E-state index in [0.717, 1.165) is 0 Å². The SMILES string of the molecule is COc1cc(NC(=O)CC(N)C(C)C)ccc1NC(C)=O. The van der Waals surface area contributed by atoms with Crippen LogP contribution >= 0.6 is 0 Å². The van der Waals surface area contributed by atoms with Crippen molar-refractivity contribution in [1.29, 1.82) is 0 Å². The van der Waals surface area contributed by atoms with Crippen molar-refractivity contribution >= 4 is 23.2 Å². The van der Waals surface area contributed by atoms with E-state index < -0.39 is 0 Å². The van der Waals surface area contributed by atoms with Crippen LogP contribution < -0.4 is 21.1 Å². The summed E-state index contributed by atoms with van der Waals surface area (Å²) in [7, 11) is 1.50. The van der Waals surface area contributed by atoms with Crippen molar-refractivity contribution in [1.82, 2.24) is 0 Å². The lowest BCUT2D eigenvalue weighted by Crippen LogP contribution is -2.31. The Kier molecular flexibility index (Phi) is 6.17. The summed E-state index contributed by atoms with van der Waals surface area (Å²) in [5.41, 5.74) is 7.03. The first-order valence-electron chi connectivity index (χ1n) is 6.84. The number of nitrogens with one attached hydrogen (secondary N) is 2. The molecule has 0 heterocycles. The molecule has 6 nitrogen and oxygen atoms in total. The molecule has 0 bridgehead atoms. The van der Waals surface area contributed by atoms with Gasteiger partial charge in [-0.15, -0.1) is 0 Å². The normalized spacial score (nSPS) is 11.9. The van der Waals surface area contributed by atoms with Gasteiger partial charge < -0.3 is 21.1 Å². The van der Waals surface area contributed by atoms with E-state index in [1.54, 1.807) is 18.2 Å². The number of methoxy groups -OCH3 is 1. The smallest absolute Gasteiger partial charge is 0.225 e. The van der Waals surface area contributed by atoms with Crippen molar-refractivity contribution in [3.8, 4) is 5.75 Å². The molecule has 1 aromatic rings. The van der Waals surface area contributed by atoms with Gasteiger partial charge in [-0.1, -0.05) is 13.8 Å². The van der Waals surface area contributed by atoms with Crippen molar-refractivity contribution in [2.24, 2.45) is 11.7 Å². The quantitative estimate of drug-likeness (QED) is 0.747. The number of ether oxygens (including phenoxy) is 1. The van der Waals surface area contributed by atoms with Crippen LogP contribution in [0.3, 0.4) is 0 Å². The Labute approximate surface area is 125 Å². The topological polar surface area (TPSA) is 93.4 Å². The predicted molar refractivity (Wildman–Crippen MR) is 83.4 cm³/mol. The first-order chi connectivity index (χ1) is 9.83. The summed E-state index contributed by atoms with van der Waals surface area (Å²) in [6.07, 6.45) is 0.257. The van der Waals surface area contributed by atoms with Gasteiger partial charge >= 0.3 is 0 Å². The summed E-state index contributed by atoms with van der Waals surface area (Å²) in [6.45, 7) is 5.37. The number of anilines is 2. The van der Waals surface area contributed by atoms with Crippen LogP contribution in [-0.2, 0) is 9.59 Å². The number of amides is 2. The lowest BCUT2D eigenvalue weighted by molar-refractivity contribution is -0.117. The maximum atomic E-state index is 11.9. The van der Waals surface area contributed by atoms with Gasteiger partial charge in [-0.05, 0) is 18.1 Å². The minimum atomic E-state index is -0.187. The van der Waals surface area contributed by atoms with Crippen molar-refractivity contribution in [2.75, 3.05) is 17.7 Å². The van der Waals surface area contributed by atoms with Crippen molar-refractivity contribution in [3.05, 3.63) is 18.2 Å². The number of hydrogen-bond acceptors (Lipinski definition) is 4. The molecule has 0 saturated heterocycles. The van der Waals surface area contributed by atoms with Crippen LogP contribution in [0, 0.1) is 5.92 Å². The Hall–Kier alpha value is -2.08. The predicted octanol–water partition coefficient (Wildman–Crippen LogP) is 1.97. The molecule has 21 heavy (non-hydrogen) atoms. The van der Waals surface area contributed by atoms with Crippen LogP contribution in [-0.4, -0.2) is 25.0 Å². The molecule has 0 aliphatic heterocycles. The van der Waals surface area contributed by atoms with Gasteiger partial charge in [-0.3, -0.25) is 9.59 Å². The summed E-state index contributed by atoms with van der Waals surface area (Å²) < 4.78 is 5.20. The van der Waals surface area contributed by atoms with E-state index in [4.69, 9.17) is 10.5 Å². The molecule has 6 heteroatoms. The second-order valence-corrected chi connectivity index (χ2v) is 5.26. The van der Waals surface area contributed by atoms with Crippen molar-refractivity contribution in [3.63, 3.8) is 0 Å². The van der Waals surface area contributed by atoms with Gasteiger partial charge in [0.15, 0.2) is 0 Å². The first kappa shape index (κ1) is 17.0. The molecule has 1 unspecified atom stereocenters. The Morgan fingerprint density at radius 1 is 1.29 bits per heavy atom. The van der Waals surface area contributed by atoms with Gasteiger partial charge in [0.05, 0.1) is 12.8 Å². The van der Waals surface area contributed by atoms with Crippen LogP contribution in [0.1, 0.15) is 27.2 Å². The van der Waals surface area contributed by atoms with Gasteiger partial charge in [-0.2, -0.15) is 0 Å². The van der Waals surface area contributed by atoms with Gasteiger partial charge in [-0.25, -0.2) is 0 Å². The number of hydrogen-bond donors (Lipinski definition) is 3. The Morgan fingerprint density at radius 2 is 1.95 bits per heavy atom. The van der Waals surface area contributed by atoms with Crippen molar-refractivity contribution in [2.45, 2.75) is 33.2 Å². The molecule has 1 aromatic carbocycles. The standard InChI is InChI=1S/C15H23N3O3/c1-9(2)12(16)8-15(20)18-11-5-6-13(17-10(3)19)14(7-11)21-4/h5-7,9,12H,8,16H2,1-4H3,(H,17,19)(H,18,20). The Balaban J connectivity index is 2.76. The minimum Gasteiger partial charge on any atom is -0.494 e. The van der Waals surface area contributed by atoms with E-state index in [1.165, 1.54) is 14.0 Å². The zero-order valence-corrected chi connectivity index (χ0v) is 12.9. The lowest BCUT2D eigenvalue weighted by Gasteiger charge is -2.16. The maximum Gasteiger partial charge on any atom is 0.225 e. The molecule has 1 atom stereocenters. The molecule has 116 valence electrons. The summed E-state index contributed by atoms with van der Waals surface area (Å²) >= 11 is 0. The first-order valence-corrected chi connectivity index (χ1v) is 6.84. The monoisotopic (exact) mass is 293 g/mol. The lowest BCUT2D eigenvalue weighted by atomic mass is 10.0. The third kappa shape index (κ3) is 5.43. The summed E-state index contributed by atoms with van der Waals surface area (Å²) in [5.74, 6) is 0.391. The second-order valence-electron chi connectivity index (χ2n) is 5.26. The highest BCUT2D eigenvalue weighted by Crippen LogP contribution is 2.28. The molecule has 0 aliphatic rings. The molecule has 0 saturated carbocycles. The van der Waals surface area contributed by atoms with Crippen molar-refractivity contribution < 1.29 is 14.3 Å². The summed E-state index contributed by atoms with van der Waals surface area (Å²) in [6, 6.07) is 4.86. The van der Waals surface area contributed by atoms with Gasteiger partial charge in [0, 0.05) is 31.1 Å². The van der Waals surface area contributed by atoms with Gasteiger partial charge in [0.1, 0.15) is 5.75 Å². The van der Waals surface area contributed by atoms with E-state index in [9.17, 15) is 9.59 Å². The highest BCUT2D eigenvalue weighted by Gasteiger charge is 2.14. The molecule has 1 rings (SSSR count). The highest BCUT2D eigenvalue weighted by atomic mass is 16.5. The second kappa shape index (κ2) is 7.64. The molecule has 0 fully saturated rings. The number of carbonyl (C=O) groups excluding carboxylic acids is 2. The minimum absolute atomic E-state index is 0.148. The maximum absolute atomic E-state index is 11.9. The van der Waals surface area contributed by atoms with E-state index in [1.807, 2.05) is 13.8 Å². The fourth-order valence-corrected chi connectivity index (χ4v) is 1.72. The Morgan fingerprint density at radius 3 is 2.48 bits per heavy atom. The van der Waals surface area contributed by atoms with Gasteiger partial charge in [0.2, 0.25) is 11.8 Å². The zero-order valence-electron chi connectivity index (χ0n) is 12.9. The largest absolute Gasteiger partial charge is 0.494 e. The zero-order chi connectivity index (χ0) is 16.0. The average Bonchev–Trinajstić information content (AvgIpc) is 2.39. The van der Waals surface area contributed by atoms with Crippen LogP contribution in [0.15, 0.2) is 18.2 Å². The molecule has 2 amide bonds. The molecule has 0 aromatic heterocycles. The molecular weight excluding hydrogens is 270 g/mol. The third-order valence-corrected chi connectivity index (χ3v) is 3.07. The average molecular weight is 293 g/mol. The van der Waals surface area contributed by atoms with Crippen LogP contribution in [0.2, 0.25) is 0 Å². The van der Waals surface area contributed by atoms with E-state index in [0.29, 0.717) is 17.1 Å². The van der Waals surface area contributed by atoms with E-state index in [-0.39, 0.29) is 30.2 Å². The highest BCUT2D eigenvalue weighted by molar-refractivity contribution is 5.94. The van der Waals surface area contributed by atoms with E-state index >= 15 is 0 Å². The molecule has 0 radical (unpaired) electrons. The number of rotatable bonds is 6. The summed E-state index contributed by atoms with van der Waals surface area (Å²) in [5, 5.41) is 5.43. The number of nitrogens with two attached hydrogens (primary N) is 1. The fourth-order valence-electron chi connectivity index (χ4n) is 1.72. The molecule has 0 aliphatic carbocycles. The van der Waals surface area contributed by atoms with Crippen LogP contribution in [0.25, 0.3) is 0 Å². The van der Waals surface area contributed by atoms with Gasteiger partial charge in [0.25, 0.3) is 0 Å². The fraction of sp³-hybridized carbons (Fsp3) is 0.467. The molecular formula is C15H23N3O3. The number of benzene rings is 1. The van der Waals surface area contributed by atoms with E-state index in [2.05, 4.69) is 10.6 Å². The van der Waals surface area contributed by atoms with Crippen LogP contribution in [0.4, 0.5) is 11.4 Å². The number of carbonyl (C=O) groups is 2. The molecule has 4 N–H and O–H groups in total. The molecule has 0 spiro atoms. The van der Waals surface area contributed by atoms with Crippen LogP contribution in [0.5, 0.6) is 5.75 Å². The third-order valence-electron chi connectivity index (χ3n) is 3.07.